The van der Waals surface area contributed by atoms with Gasteiger partial charge in [-0.05, 0) is 38.8 Å². The molecule has 0 aliphatic carbocycles. The van der Waals surface area contributed by atoms with Crippen LogP contribution in [0.15, 0.2) is 54.6 Å². The van der Waals surface area contributed by atoms with E-state index in [0.717, 1.165) is 5.66 Å². The van der Waals surface area contributed by atoms with Gasteiger partial charge in [0.05, 0.1) is 18.0 Å². The third-order valence-corrected chi connectivity index (χ3v) is 10.1. The zero-order chi connectivity index (χ0) is 13.6. The summed E-state index contributed by atoms with van der Waals surface area (Å²) in [4.78, 5) is 0. The van der Waals surface area contributed by atoms with Crippen LogP contribution in [0, 0.1) is 0 Å². The van der Waals surface area contributed by atoms with Crippen LogP contribution in [0.2, 0.25) is 0 Å². The van der Waals surface area contributed by atoms with E-state index in [0.29, 0.717) is 0 Å². The molecular formula is C18H26FeP-5. The van der Waals surface area contributed by atoms with E-state index in [9.17, 15) is 0 Å². The molecule has 2 aromatic carbocycles. The molecule has 2 heteroatoms. The molecule has 0 aromatic heterocycles. The van der Waals surface area contributed by atoms with E-state index in [1.54, 1.807) is 5.30 Å². The van der Waals surface area contributed by atoms with Crippen molar-refractivity contribution in [3.05, 3.63) is 54.6 Å². The molecule has 0 saturated carbocycles. The van der Waals surface area contributed by atoms with Crippen LogP contribution in [0.3, 0.4) is 0 Å². The Hall–Kier alpha value is -0.351. The fraction of sp³-hybridized carbons (Fsp3) is 0.444. The summed E-state index contributed by atoms with van der Waals surface area (Å²) in [5.41, 5.74) is 1.04. The molecule has 20 heavy (non-hydrogen) atoms. The summed E-state index contributed by atoms with van der Waals surface area (Å²) in [7, 11) is -0.742. The predicted octanol–water partition coefficient (Wildman–Crippen LogP) is 5.04. The molecule has 1 heterocycles. The van der Waals surface area contributed by atoms with Crippen molar-refractivity contribution in [2.75, 3.05) is 12.3 Å². The van der Waals surface area contributed by atoms with E-state index in [-0.39, 0.29) is 17.1 Å². The molecule has 1 fully saturated rings. The summed E-state index contributed by atoms with van der Waals surface area (Å²) in [6, 6.07) is 19.2. The topological polar surface area (TPSA) is 0 Å². The van der Waals surface area contributed by atoms with Crippen molar-refractivity contribution < 1.29 is 17.1 Å². The average molecular weight is 329 g/mol. The minimum atomic E-state index is -0.742. The van der Waals surface area contributed by atoms with Crippen molar-refractivity contribution in [1.82, 2.24) is 0 Å². The summed E-state index contributed by atoms with van der Waals surface area (Å²) < 4.78 is 0. The van der Waals surface area contributed by atoms with Crippen LogP contribution in [0.4, 0.5) is 0 Å². The Bertz CT molecular complexity index is 415. The van der Waals surface area contributed by atoms with Crippen molar-refractivity contribution in [3.63, 3.8) is 0 Å². The molecule has 1 saturated heterocycles. The van der Waals surface area contributed by atoms with Gasteiger partial charge < -0.3 is 30.3 Å². The minimum absolute atomic E-state index is 0. The van der Waals surface area contributed by atoms with Crippen LogP contribution in [-0.2, 0) is 17.1 Å². The summed E-state index contributed by atoms with van der Waals surface area (Å²) in [5.74, 6) is 0. The first kappa shape index (κ1) is 17.7. The van der Waals surface area contributed by atoms with E-state index in [1.165, 1.54) is 31.6 Å². The Balaban J connectivity index is 0.000000283. The Labute approximate surface area is 135 Å². The average Bonchev–Trinajstić information content (AvgIpc) is 3.18. The molecule has 1 aliphatic rings. The van der Waals surface area contributed by atoms with Crippen molar-refractivity contribution in [3.8, 4) is 0 Å². The first-order chi connectivity index (χ1) is 9.33. The van der Waals surface area contributed by atoms with E-state index in [4.69, 9.17) is 0 Å². The van der Waals surface area contributed by atoms with Gasteiger partial charge in [-0.15, -0.1) is 12.1 Å². The first-order valence-corrected chi connectivity index (χ1v) is 9.82. The molecule has 2 atom stereocenters. The maximum Gasteiger partial charge on any atom is 0.0644 e. The second-order valence-corrected chi connectivity index (χ2v) is 9.78. The van der Waals surface area contributed by atoms with Gasteiger partial charge in [0.2, 0.25) is 0 Å². The molecule has 1 aliphatic heterocycles. The molecule has 3 rings (SSSR count). The van der Waals surface area contributed by atoms with Crippen molar-refractivity contribution in [1.29, 1.82) is 0 Å². The monoisotopic (exact) mass is 329 g/mol. The van der Waals surface area contributed by atoms with Crippen LogP contribution < -0.4 is 5.30 Å². The standard InChI is InChI=1S/C13H21P.C5H5.Fe/c1-3-12-10-7-11-14(12,4-2)13-8-5-6-9-13;1-2-4-5-3-1;/h5-6,8-9,12H,3-4,7,10-11H2,1-2H3;1-5H;/q;-5;. The van der Waals surface area contributed by atoms with E-state index in [2.05, 4.69) is 38.1 Å². The second kappa shape index (κ2) is 8.83. The molecule has 0 bridgehead atoms. The summed E-state index contributed by atoms with van der Waals surface area (Å²) >= 11 is 0. The molecule has 2 unspecified atom stereocenters. The molecule has 0 radical (unpaired) electrons. The van der Waals surface area contributed by atoms with E-state index >= 15 is 0 Å². The third-order valence-electron chi connectivity index (χ3n) is 4.54. The van der Waals surface area contributed by atoms with Gasteiger partial charge in [0.25, 0.3) is 0 Å². The van der Waals surface area contributed by atoms with Gasteiger partial charge in [-0.2, -0.15) is 0 Å². The quantitative estimate of drug-likeness (QED) is 0.420. The zero-order valence-corrected chi connectivity index (χ0v) is 14.6. The van der Waals surface area contributed by atoms with Crippen LogP contribution in [0.5, 0.6) is 0 Å². The van der Waals surface area contributed by atoms with Crippen molar-refractivity contribution in [2.24, 2.45) is 0 Å². The van der Waals surface area contributed by atoms with Gasteiger partial charge in [-0.3, -0.25) is 0 Å². The molecule has 0 nitrogen and oxygen atoms in total. The Morgan fingerprint density at radius 3 is 2.05 bits per heavy atom. The second-order valence-electron chi connectivity index (χ2n) is 5.38. The van der Waals surface area contributed by atoms with Crippen LogP contribution >= 0.6 is 7.26 Å². The van der Waals surface area contributed by atoms with Crippen LogP contribution in [0.25, 0.3) is 0 Å². The fourth-order valence-corrected chi connectivity index (χ4v) is 8.64. The van der Waals surface area contributed by atoms with E-state index < -0.39 is 7.26 Å². The Morgan fingerprint density at radius 1 is 1.05 bits per heavy atom. The number of rotatable bonds is 3. The van der Waals surface area contributed by atoms with Gasteiger partial charge in [0, 0.05) is 17.1 Å². The predicted molar refractivity (Wildman–Crippen MR) is 89.3 cm³/mol. The maximum absolute atomic E-state index is 2.41. The molecule has 0 amide bonds. The number of hydrogen-bond donors (Lipinski definition) is 0. The molecular weight excluding hydrogens is 303 g/mol. The van der Waals surface area contributed by atoms with Gasteiger partial charge >= 0.3 is 0 Å². The maximum atomic E-state index is 2.41. The minimum Gasteiger partial charge on any atom is -0.748 e. The molecule has 0 spiro atoms. The number of hydrogen-bond acceptors (Lipinski definition) is 0. The molecule has 2 aromatic rings. The largest absolute Gasteiger partial charge is 0.748 e. The van der Waals surface area contributed by atoms with E-state index in [1.807, 2.05) is 30.3 Å². The Morgan fingerprint density at radius 2 is 1.60 bits per heavy atom. The van der Waals surface area contributed by atoms with Gasteiger partial charge in [0.15, 0.2) is 0 Å². The smallest absolute Gasteiger partial charge is 0.0644 e. The van der Waals surface area contributed by atoms with Gasteiger partial charge in [-0.1, -0.05) is 6.92 Å². The third kappa shape index (κ3) is 3.85. The summed E-state index contributed by atoms with van der Waals surface area (Å²) in [6.07, 6.45) is 7.31. The van der Waals surface area contributed by atoms with Crippen LogP contribution in [0.1, 0.15) is 33.1 Å². The molecule has 116 valence electrons. The summed E-state index contributed by atoms with van der Waals surface area (Å²) in [5, 5.41) is 1.71. The molecule has 0 N–H and O–H groups in total. The van der Waals surface area contributed by atoms with Crippen LogP contribution in [-0.4, -0.2) is 18.0 Å². The normalized spacial score (nSPS) is 24.6. The van der Waals surface area contributed by atoms with Gasteiger partial charge in [-0.25, -0.2) is 12.1 Å². The Kier molecular flexibility index (Phi) is 7.81. The van der Waals surface area contributed by atoms with Crippen molar-refractivity contribution in [2.45, 2.75) is 38.8 Å². The fourth-order valence-electron chi connectivity index (χ4n) is 3.51. The first-order valence-electron chi connectivity index (χ1n) is 7.59. The van der Waals surface area contributed by atoms with Crippen molar-refractivity contribution >= 4 is 12.6 Å². The summed E-state index contributed by atoms with van der Waals surface area (Å²) in [6.45, 7) is 4.79. The zero-order valence-electron chi connectivity index (χ0n) is 12.6. The van der Waals surface area contributed by atoms with Gasteiger partial charge in [0.1, 0.15) is 0 Å². The SMILES string of the molecule is CCC1CCC[P+]1(CC)[c-]1cccc1.[Fe].[cH-]1[cH-][cH-][cH-][cH-]1.